The quantitative estimate of drug-likeness (QED) is 0.260. The Hall–Kier alpha value is -3.71. The van der Waals surface area contributed by atoms with Gasteiger partial charge in [0.05, 0.1) is 47.0 Å². The monoisotopic (exact) mass is 530 g/mol. The van der Waals surface area contributed by atoms with E-state index in [-0.39, 0.29) is 25.2 Å². The molecule has 2 rings (SSSR count). The summed E-state index contributed by atoms with van der Waals surface area (Å²) in [4.78, 5) is 11.5. The van der Waals surface area contributed by atoms with Crippen LogP contribution in [-0.2, 0) is 11.8 Å². The van der Waals surface area contributed by atoms with Crippen molar-refractivity contribution in [3.05, 3.63) is 51.6 Å². The van der Waals surface area contributed by atoms with Crippen LogP contribution in [0.25, 0.3) is 0 Å². The van der Waals surface area contributed by atoms with Gasteiger partial charge in [-0.1, -0.05) is 26.3 Å². The Morgan fingerprint density at radius 2 is 1.55 bits per heavy atom. The second-order valence-corrected chi connectivity index (χ2v) is 9.16. The van der Waals surface area contributed by atoms with E-state index in [4.69, 9.17) is 23.7 Å². The number of nitrogens with zero attached hydrogens (tertiary/aromatic N) is 2. The van der Waals surface area contributed by atoms with Crippen molar-refractivity contribution in [2.24, 2.45) is 5.92 Å². The molecule has 0 aliphatic heterocycles. The number of rotatable bonds is 15. The number of hydrogen-bond acceptors (Lipinski definition) is 9. The number of nitriles is 1. The molecule has 4 atom stereocenters. The van der Waals surface area contributed by atoms with Gasteiger partial charge in [-0.05, 0) is 54.2 Å². The highest BCUT2D eigenvalue weighted by molar-refractivity contribution is 5.56. The summed E-state index contributed by atoms with van der Waals surface area (Å²) in [7, 11) is 7.49. The molecule has 10 nitrogen and oxygen atoms in total. The SMILES string of the molecule is CCC(C)C(C#N)(CCC(O)C(Cc1ccc(OC)c(OC)c1)[N+](=O)[O-])c1cc(OC)c(OC)c(OC)c1. The van der Waals surface area contributed by atoms with Crippen LogP contribution in [0.15, 0.2) is 30.3 Å². The molecule has 0 amide bonds. The Bertz CT molecular complexity index is 1110. The number of nitro groups is 1. The van der Waals surface area contributed by atoms with Gasteiger partial charge in [0.25, 0.3) is 0 Å². The third-order valence-corrected chi connectivity index (χ3v) is 7.28. The van der Waals surface area contributed by atoms with Gasteiger partial charge in [0.15, 0.2) is 23.0 Å². The standard InChI is InChI=1S/C28H38N2O8/c1-8-18(2)28(17-29,20-15-25(36-5)27(38-7)26(16-20)37-6)12-11-22(31)21(30(32)33)13-19-9-10-23(34-3)24(14-19)35-4/h9-10,14-16,18,21-22,31H,8,11-13H2,1-7H3. The molecular weight excluding hydrogens is 492 g/mol. The van der Waals surface area contributed by atoms with Crippen molar-refractivity contribution in [2.45, 2.75) is 57.1 Å². The van der Waals surface area contributed by atoms with Crippen LogP contribution in [0.4, 0.5) is 0 Å². The molecule has 38 heavy (non-hydrogen) atoms. The predicted molar refractivity (Wildman–Crippen MR) is 142 cm³/mol. The van der Waals surface area contributed by atoms with Crippen molar-refractivity contribution >= 4 is 0 Å². The zero-order chi connectivity index (χ0) is 28.5. The Kier molecular flexibility index (Phi) is 11.0. The first-order chi connectivity index (χ1) is 18.2. The zero-order valence-corrected chi connectivity index (χ0v) is 23.1. The summed E-state index contributed by atoms with van der Waals surface area (Å²) in [6.07, 6.45) is -0.411. The Balaban J connectivity index is 2.42. The minimum atomic E-state index is -1.29. The van der Waals surface area contributed by atoms with E-state index in [0.717, 1.165) is 0 Å². The van der Waals surface area contributed by atoms with Crippen molar-refractivity contribution < 1.29 is 33.7 Å². The zero-order valence-electron chi connectivity index (χ0n) is 23.1. The number of methoxy groups -OCH3 is 5. The summed E-state index contributed by atoms with van der Waals surface area (Å²) < 4.78 is 27.0. The van der Waals surface area contributed by atoms with Crippen molar-refractivity contribution in [1.29, 1.82) is 5.26 Å². The molecular formula is C28H38N2O8. The number of benzene rings is 2. The highest BCUT2D eigenvalue weighted by atomic mass is 16.6. The molecule has 4 unspecified atom stereocenters. The van der Waals surface area contributed by atoms with E-state index in [1.165, 1.54) is 35.5 Å². The highest BCUT2D eigenvalue weighted by Crippen LogP contribution is 2.46. The minimum Gasteiger partial charge on any atom is -0.493 e. The summed E-state index contributed by atoms with van der Waals surface area (Å²) in [6, 6.07) is 9.69. The number of aliphatic hydroxyl groups is 1. The van der Waals surface area contributed by atoms with E-state index in [2.05, 4.69) is 6.07 Å². The van der Waals surface area contributed by atoms with E-state index in [0.29, 0.717) is 46.3 Å². The maximum absolute atomic E-state index is 12.0. The summed E-state index contributed by atoms with van der Waals surface area (Å²) in [5.41, 5.74) is 0.197. The molecule has 208 valence electrons. The van der Waals surface area contributed by atoms with Crippen molar-refractivity contribution in [2.75, 3.05) is 35.5 Å². The summed E-state index contributed by atoms with van der Waals surface area (Å²) in [5, 5.41) is 33.5. The molecule has 0 heterocycles. The number of ether oxygens (including phenoxy) is 5. The van der Waals surface area contributed by atoms with Crippen LogP contribution in [-0.4, -0.2) is 57.7 Å². The first-order valence-corrected chi connectivity index (χ1v) is 12.4. The maximum atomic E-state index is 12.0. The van der Waals surface area contributed by atoms with Gasteiger partial charge in [0, 0.05) is 11.3 Å². The molecule has 0 bridgehead atoms. The lowest BCUT2D eigenvalue weighted by Gasteiger charge is -2.34. The second kappa shape index (κ2) is 13.7. The lowest BCUT2D eigenvalue weighted by molar-refractivity contribution is -0.534. The minimum absolute atomic E-state index is 0.0123. The van der Waals surface area contributed by atoms with Crippen LogP contribution in [0.5, 0.6) is 28.7 Å². The fourth-order valence-electron chi connectivity index (χ4n) is 4.76. The van der Waals surface area contributed by atoms with Gasteiger partial charge in [0.1, 0.15) is 6.10 Å². The molecule has 2 aromatic carbocycles. The van der Waals surface area contributed by atoms with Gasteiger partial charge in [-0.2, -0.15) is 5.26 Å². The van der Waals surface area contributed by atoms with Gasteiger partial charge < -0.3 is 28.8 Å². The molecule has 0 spiro atoms. The van der Waals surface area contributed by atoms with Gasteiger partial charge in [0.2, 0.25) is 11.8 Å². The van der Waals surface area contributed by atoms with Crippen molar-refractivity contribution in [3.8, 4) is 34.8 Å². The average Bonchev–Trinajstić information content (AvgIpc) is 2.94. The van der Waals surface area contributed by atoms with Crippen LogP contribution in [0.3, 0.4) is 0 Å². The third-order valence-electron chi connectivity index (χ3n) is 7.28. The van der Waals surface area contributed by atoms with E-state index in [1.807, 2.05) is 13.8 Å². The van der Waals surface area contributed by atoms with Gasteiger partial charge in [-0.3, -0.25) is 10.1 Å². The summed E-state index contributed by atoms with van der Waals surface area (Å²) >= 11 is 0. The number of aliphatic hydroxyl groups excluding tert-OH is 1. The number of hydrogen-bond donors (Lipinski definition) is 1. The first-order valence-electron chi connectivity index (χ1n) is 12.4. The van der Waals surface area contributed by atoms with Gasteiger partial charge >= 0.3 is 0 Å². The molecule has 2 aromatic rings. The third kappa shape index (κ3) is 6.40. The lowest BCUT2D eigenvalue weighted by Crippen LogP contribution is -2.39. The lowest BCUT2D eigenvalue weighted by atomic mass is 9.67. The molecule has 0 fully saturated rings. The van der Waals surface area contributed by atoms with E-state index in [9.17, 15) is 20.5 Å². The molecule has 0 radical (unpaired) electrons. The fourth-order valence-corrected chi connectivity index (χ4v) is 4.76. The van der Waals surface area contributed by atoms with Gasteiger partial charge in [-0.25, -0.2) is 0 Å². The molecule has 10 heteroatoms. The molecule has 0 aliphatic carbocycles. The molecule has 0 aromatic heterocycles. The molecule has 0 saturated carbocycles. The Labute approximate surface area is 224 Å². The maximum Gasteiger partial charge on any atom is 0.242 e. The largest absolute Gasteiger partial charge is 0.493 e. The van der Waals surface area contributed by atoms with Crippen LogP contribution >= 0.6 is 0 Å². The average molecular weight is 531 g/mol. The van der Waals surface area contributed by atoms with E-state index < -0.39 is 22.5 Å². The van der Waals surface area contributed by atoms with Crippen LogP contribution in [0, 0.1) is 27.4 Å². The molecule has 0 saturated heterocycles. The summed E-state index contributed by atoms with van der Waals surface area (Å²) in [6.45, 7) is 3.93. The highest BCUT2D eigenvalue weighted by Gasteiger charge is 2.41. The summed E-state index contributed by atoms with van der Waals surface area (Å²) in [5.74, 6) is 2.03. The normalized spacial score (nSPS) is 14.8. The van der Waals surface area contributed by atoms with Crippen LogP contribution in [0.2, 0.25) is 0 Å². The van der Waals surface area contributed by atoms with E-state index >= 15 is 0 Å². The fraction of sp³-hybridized carbons (Fsp3) is 0.536. The Morgan fingerprint density at radius 1 is 0.974 bits per heavy atom. The topological polar surface area (TPSA) is 133 Å². The van der Waals surface area contributed by atoms with Crippen molar-refractivity contribution in [1.82, 2.24) is 0 Å². The second-order valence-electron chi connectivity index (χ2n) is 9.16. The smallest absolute Gasteiger partial charge is 0.242 e. The van der Waals surface area contributed by atoms with Gasteiger partial charge in [-0.15, -0.1) is 0 Å². The Morgan fingerprint density at radius 3 is 2.00 bits per heavy atom. The molecule has 1 N–H and O–H groups in total. The van der Waals surface area contributed by atoms with Crippen molar-refractivity contribution in [3.63, 3.8) is 0 Å². The van der Waals surface area contributed by atoms with Crippen LogP contribution < -0.4 is 23.7 Å². The van der Waals surface area contributed by atoms with Crippen LogP contribution in [0.1, 0.15) is 44.2 Å². The predicted octanol–water partition coefficient (Wildman–Crippen LogP) is 4.57. The first kappa shape index (κ1) is 30.5. The van der Waals surface area contributed by atoms with E-state index in [1.54, 1.807) is 30.3 Å². The molecule has 0 aliphatic rings.